The van der Waals surface area contributed by atoms with Gasteiger partial charge in [0.05, 0.1) is 22.9 Å². The van der Waals surface area contributed by atoms with Crippen molar-refractivity contribution in [3.05, 3.63) is 35.9 Å². The Hall–Kier alpha value is -3.06. The lowest BCUT2D eigenvalue weighted by molar-refractivity contribution is 0.0790. The Labute approximate surface area is 167 Å². The highest BCUT2D eigenvalue weighted by atomic mass is 19.3. The van der Waals surface area contributed by atoms with Gasteiger partial charge in [0.1, 0.15) is 18.2 Å². The van der Waals surface area contributed by atoms with Crippen molar-refractivity contribution < 1.29 is 18.6 Å². The highest BCUT2D eigenvalue weighted by Gasteiger charge is 2.20. The number of aromatic nitrogens is 3. The van der Waals surface area contributed by atoms with Gasteiger partial charge in [0.25, 0.3) is 6.43 Å². The van der Waals surface area contributed by atoms with Crippen LogP contribution < -0.4 is 15.4 Å². The lowest BCUT2D eigenvalue weighted by Crippen LogP contribution is -2.28. The summed E-state index contributed by atoms with van der Waals surface area (Å²) in [6.45, 7) is -0.531. The first kappa shape index (κ1) is 20.7. The van der Waals surface area contributed by atoms with Crippen molar-refractivity contribution >= 4 is 11.5 Å². The molecule has 0 amide bonds. The zero-order valence-corrected chi connectivity index (χ0v) is 15.7. The lowest BCUT2D eigenvalue weighted by Gasteiger charge is -2.27. The van der Waals surface area contributed by atoms with Crippen LogP contribution in [0.4, 0.5) is 20.3 Å². The van der Waals surface area contributed by atoms with Crippen molar-refractivity contribution in [1.82, 2.24) is 15.0 Å². The minimum atomic E-state index is -2.60. The maximum absolute atomic E-state index is 12.4. The van der Waals surface area contributed by atoms with Crippen LogP contribution in [0, 0.1) is 11.3 Å². The fourth-order valence-electron chi connectivity index (χ4n) is 3.13. The number of nitrogens with zero attached hydrogens (tertiary/aromatic N) is 4. The Kier molecular flexibility index (Phi) is 7.08. The molecule has 2 heterocycles. The molecule has 1 fully saturated rings. The van der Waals surface area contributed by atoms with Gasteiger partial charge in [0, 0.05) is 31.0 Å². The summed E-state index contributed by atoms with van der Waals surface area (Å²) in [5, 5.41) is 25.4. The number of hydrogen-bond donors (Lipinski definition) is 3. The number of nitrogens with one attached hydrogen (secondary N) is 2. The van der Waals surface area contributed by atoms with E-state index in [9.17, 15) is 19.1 Å². The third-order valence-corrected chi connectivity index (χ3v) is 4.63. The summed E-state index contributed by atoms with van der Waals surface area (Å²) in [4.78, 5) is 12.0. The first-order valence-electron chi connectivity index (χ1n) is 9.33. The van der Waals surface area contributed by atoms with Crippen LogP contribution in [-0.4, -0.2) is 45.2 Å². The number of ether oxygens (including phenoxy) is 1. The Morgan fingerprint density at radius 2 is 2.03 bits per heavy atom. The molecular formula is C19H22F2N6O2. The summed E-state index contributed by atoms with van der Waals surface area (Å²) < 4.78 is 29.8. The smallest absolute Gasteiger partial charge is 0.272 e. The number of anilines is 2. The van der Waals surface area contributed by atoms with E-state index in [2.05, 4.69) is 31.7 Å². The highest BCUT2D eigenvalue weighted by molar-refractivity contribution is 5.62. The van der Waals surface area contributed by atoms with Crippen LogP contribution in [0.25, 0.3) is 0 Å². The van der Waals surface area contributed by atoms with Gasteiger partial charge >= 0.3 is 0 Å². The number of aliphatic hydroxyl groups excluding tert-OH is 1. The maximum Gasteiger partial charge on any atom is 0.272 e. The number of hydrogen-bond acceptors (Lipinski definition) is 8. The van der Waals surface area contributed by atoms with E-state index in [-0.39, 0.29) is 24.6 Å². The van der Waals surface area contributed by atoms with Crippen molar-refractivity contribution in [1.29, 1.82) is 5.26 Å². The second kappa shape index (κ2) is 9.93. The van der Waals surface area contributed by atoms with Crippen molar-refractivity contribution in [2.24, 2.45) is 0 Å². The van der Waals surface area contributed by atoms with Crippen LogP contribution in [0.5, 0.6) is 5.88 Å². The summed E-state index contributed by atoms with van der Waals surface area (Å²) in [6, 6.07) is 4.03. The molecule has 0 unspecified atom stereocenters. The van der Waals surface area contributed by atoms with Crippen LogP contribution >= 0.6 is 0 Å². The van der Waals surface area contributed by atoms with Gasteiger partial charge in [-0.05, 0) is 25.7 Å². The Balaban J connectivity index is 1.67. The summed E-state index contributed by atoms with van der Waals surface area (Å²) in [5.41, 5.74) is 1.59. The second-order valence-corrected chi connectivity index (χ2v) is 6.79. The van der Waals surface area contributed by atoms with E-state index in [0.29, 0.717) is 22.6 Å². The van der Waals surface area contributed by atoms with Gasteiger partial charge in [-0.2, -0.15) is 5.26 Å². The Morgan fingerprint density at radius 1 is 1.24 bits per heavy atom. The molecule has 10 heteroatoms. The molecule has 154 valence electrons. The molecule has 29 heavy (non-hydrogen) atoms. The van der Waals surface area contributed by atoms with Crippen molar-refractivity contribution in [2.75, 3.05) is 17.2 Å². The normalized spacial score (nSPS) is 18.9. The number of pyridine rings is 1. The molecule has 2 aromatic rings. The summed E-state index contributed by atoms with van der Waals surface area (Å²) >= 11 is 0. The van der Waals surface area contributed by atoms with Crippen molar-refractivity contribution in [2.45, 2.75) is 50.8 Å². The van der Waals surface area contributed by atoms with Gasteiger partial charge in [0.15, 0.2) is 6.61 Å². The van der Waals surface area contributed by atoms with Crippen LogP contribution in [-0.2, 0) is 6.54 Å². The molecule has 0 spiro atoms. The minimum Gasteiger partial charge on any atom is -0.471 e. The summed E-state index contributed by atoms with van der Waals surface area (Å²) in [7, 11) is 0. The van der Waals surface area contributed by atoms with Gasteiger partial charge in [-0.1, -0.05) is 0 Å². The van der Waals surface area contributed by atoms with E-state index >= 15 is 0 Å². The molecule has 8 nitrogen and oxygen atoms in total. The summed E-state index contributed by atoms with van der Waals surface area (Å²) in [5.74, 6) is 0.589. The van der Waals surface area contributed by atoms with Gasteiger partial charge in [-0.25, -0.2) is 23.7 Å². The topological polar surface area (TPSA) is 116 Å². The molecule has 0 bridgehead atoms. The Morgan fingerprint density at radius 3 is 2.76 bits per heavy atom. The van der Waals surface area contributed by atoms with Crippen LogP contribution in [0.3, 0.4) is 0 Å². The number of aliphatic hydroxyl groups is 1. The number of alkyl halides is 2. The monoisotopic (exact) mass is 404 g/mol. The first-order chi connectivity index (χ1) is 14.0. The van der Waals surface area contributed by atoms with Crippen LogP contribution in [0.15, 0.2) is 24.8 Å². The van der Waals surface area contributed by atoms with E-state index in [1.165, 1.54) is 18.7 Å². The standard InChI is InChI=1S/C19H22F2N6O2/c20-17(21)10-29-19-13(7-23-11-26-19)9-25-18-5-16(12(6-22)8-24-18)27-14-1-3-15(28)4-2-14/h5,7-8,11,14-15,17,28H,1-4,9-10H2,(H2,24,25,27). The van der Waals surface area contributed by atoms with Gasteiger partial charge < -0.3 is 20.5 Å². The number of rotatable bonds is 8. The van der Waals surface area contributed by atoms with Crippen molar-refractivity contribution in [3.63, 3.8) is 0 Å². The zero-order valence-electron chi connectivity index (χ0n) is 15.7. The molecule has 2 aromatic heterocycles. The summed E-state index contributed by atoms with van der Waals surface area (Å²) in [6.07, 6.45) is 4.43. The molecule has 0 saturated heterocycles. The van der Waals surface area contributed by atoms with E-state index in [4.69, 9.17) is 4.74 Å². The van der Waals surface area contributed by atoms with E-state index in [0.717, 1.165) is 25.7 Å². The quantitative estimate of drug-likeness (QED) is 0.615. The third-order valence-electron chi connectivity index (χ3n) is 4.63. The SMILES string of the molecule is N#Cc1cnc(NCc2cncnc2OCC(F)F)cc1NC1CCC(O)CC1. The molecule has 1 aliphatic carbocycles. The molecule has 0 atom stereocenters. The fraction of sp³-hybridized carbons (Fsp3) is 0.474. The minimum absolute atomic E-state index is 0.0838. The van der Waals surface area contributed by atoms with Crippen LogP contribution in [0.1, 0.15) is 36.8 Å². The molecule has 1 saturated carbocycles. The fourth-order valence-corrected chi connectivity index (χ4v) is 3.13. The zero-order chi connectivity index (χ0) is 20.6. The van der Waals surface area contributed by atoms with Crippen LogP contribution in [0.2, 0.25) is 0 Å². The van der Waals surface area contributed by atoms with E-state index < -0.39 is 13.0 Å². The van der Waals surface area contributed by atoms with Gasteiger partial charge in [-0.15, -0.1) is 0 Å². The molecule has 0 radical (unpaired) electrons. The molecule has 0 aromatic carbocycles. The molecule has 3 rings (SSSR count). The second-order valence-electron chi connectivity index (χ2n) is 6.79. The first-order valence-corrected chi connectivity index (χ1v) is 9.33. The molecule has 3 N–H and O–H groups in total. The van der Waals surface area contributed by atoms with Gasteiger partial charge in [-0.3, -0.25) is 0 Å². The largest absolute Gasteiger partial charge is 0.471 e. The third kappa shape index (κ3) is 5.96. The Bertz CT molecular complexity index is 853. The molecule has 1 aliphatic rings. The lowest BCUT2D eigenvalue weighted by atomic mass is 9.93. The van der Waals surface area contributed by atoms with E-state index in [1.54, 1.807) is 6.07 Å². The maximum atomic E-state index is 12.4. The average Bonchev–Trinajstić information content (AvgIpc) is 2.73. The van der Waals surface area contributed by atoms with E-state index in [1.807, 2.05) is 0 Å². The molecule has 0 aliphatic heterocycles. The molecular weight excluding hydrogens is 382 g/mol. The highest BCUT2D eigenvalue weighted by Crippen LogP contribution is 2.25. The number of halogens is 2. The van der Waals surface area contributed by atoms with Gasteiger partial charge in [0.2, 0.25) is 5.88 Å². The van der Waals surface area contributed by atoms with Crippen molar-refractivity contribution in [3.8, 4) is 11.9 Å². The number of nitriles is 1. The predicted octanol–water partition coefficient (Wildman–Crippen LogP) is 2.71. The predicted molar refractivity (Wildman–Crippen MR) is 102 cm³/mol. The average molecular weight is 404 g/mol.